The number of benzene rings is 1. The third-order valence-electron chi connectivity index (χ3n) is 1.97. The molecule has 0 amide bonds. The average Bonchev–Trinajstić information content (AvgIpc) is 2.67. The van der Waals surface area contributed by atoms with Crippen molar-refractivity contribution in [1.82, 2.24) is 0 Å². The molecule has 0 aliphatic carbocycles. The smallest absolute Gasteiger partial charge is 0.0499 e. The van der Waals surface area contributed by atoms with Crippen molar-refractivity contribution in [3.63, 3.8) is 0 Å². The second-order valence-electron chi connectivity index (χ2n) is 2.98. The maximum absolute atomic E-state index is 5.39. The molecular weight excluding hydrogens is 190 g/mol. The van der Waals surface area contributed by atoms with Gasteiger partial charge in [0.1, 0.15) is 0 Å². The lowest BCUT2D eigenvalue weighted by atomic mass is 10.2. The average molecular weight is 201 g/mol. The molecule has 1 heterocycles. The molecule has 1 nitrogen and oxygen atoms in total. The minimum Gasteiger partial charge on any atom is -0.330 e. The zero-order valence-electron chi connectivity index (χ0n) is 7.79. The van der Waals surface area contributed by atoms with Crippen molar-refractivity contribution in [2.75, 3.05) is 6.54 Å². The Morgan fingerprint density at radius 1 is 1.29 bits per heavy atom. The van der Waals surface area contributed by atoms with Crippen LogP contribution in [-0.4, -0.2) is 6.54 Å². The lowest BCUT2D eigenvalue weighted by molar-refractivity contribution is 1.03. The summed E-state index contributed by atoms with van der Waals surface area (Å²) in [5, 5.41) is 3.37. The van der Waals surface area contributed by atoms with E-state index in [0.717, 1.165) is 12.0 Å². The van der Waals surface area contributed by atoms with E-state index in [1.54, 1.807) is 11.3 Å². The number of thiophene rings is 1. The predicted octanol–water partition coefficient (Wildman–Crippen LogP) is 2.60. The molecule has 0 saturated heterocycles. The van der Waals surface area contributed by atoms with E-state index in [-0.39, 0.29) is 0 Å². The van der Waals surface area contributed by atoms with E-state index in [1.807, 2.05) is 6.07 Å². The van der Waals surface area contributed by atoms with Crippen molar-refractivity contribution >= 4 is 21.4 Å². The van der Waals surface area contributed by atoms with Gasteiger partial charge in [-0.1, -0.05) is 24.0 Å². The van der Waals surface area contributed by atoms with Gasteiger partial charge in [0.15, 0.2) is 0 Å². The molecule has 0 radical (unpaired) electrons. The van der Waals surface area contributed by atoms with Crippen molar-refractivity contribution in [3.05, 3.63) is 35.2 Å². The van der Waals surface area contributed by atoms with Crippen LogP contribution in [0.4, 0.5) is 0 Å². The first-order valence-electron chi connectivity index (χ1n) is 4.57. The second-order valence-corrected chi connectivity index (χ2v) is 3.90. The van der Waals surface area contributed by atoms with E-state index < -0.39 is 0 Å². The number of fused-ring (bicyclic) bond motifs is 1. The van der Waals surface area contributed by atoms with E-state index in [2.05, 4.69) is 35.4 Å². The van der Waals surface area contributed by atoms with Gasteiger partial charge in [0.05, 0.1) is 0 Å². The highest BCUT2D eigenvalue weighted by Gasteiger charge is 1.97. The number of hydrogen-bond donors (Lipinski definition) is 1. The largest absolute Gasteiger partial charge is 0.330 e. The topological polar surface area (TPSA) is 26.0 Å². The molecule has 0 unspecified atom stereocenters. The highest BCUT2D eigenvalue weighted by Crippen LogP contribution is 2.23. The van der Waals surface area contributed by atoms with Crippen LogP contribution in [0.3, 0.4) is 0 Å². The van der Waals surface area contributed by atoms with Gasteiger partial charge in [-0.2, -0.15) is 0 Å². The van der Waals surface area contributed by atoms with Gasteiger partial charge in [-0.25, -0.2) is 0 Å². The number of rotatable bonds is 1. The minimum atomic E-state index is 0.632. The van der Waals surface area contributed by atoms with Crippen LogP contribution in [0, 0.1) is 11.8 Å². The molecule has 2 rings (SSSR count). The van der Waals surface area contributed by atoms with E-state index in [0.29, 0.717) is 6.54 Å². The van der Waals surface area contributed by atoms with Crippen molar-refractivity contribution in [2.24, 2.45) is 5.73 Å². The summed E-state index contributed by atoms with van der Waals surface area (Å²) in [5.74, 6) is 6.22. The molecule has 0 fully saturated rings. The first kappa shape index (κ1) is 9.26. The zero-order chi connectivity index (χ0) is 9.80. The molecule has 0 saturated carbocycles. The van der Waals surface area contributed by atoms with E-state index >= 15 is 0 Å². The summed E-state index contributed by atoms with van der Waals surface area (Å²) in [6, 6.07) is 8.33. The van der Waals surface area contributed by atoms with Crippen LogP contribution >= 0.6 is 11.3 Å². The highest BCUT2D eigenvalue weighted by molar-refractivity contribution is 7.17. The Bertz CT molecular complexity index is 487. The lowest BCUT2D eigenvalue weighted by Crippen LogP contribution is -1.95. The summed E-state index contributed by atoms with van der Waals surface area (Å²) < 4.78 is 1.28. The Balaban J connectivity index is 2.43. The Kier molecular flexibility index (Phi) is 2.83. The quantitative estimate of drug-likeness (QED) is 0.705. The van der Waals surface area contributed by atoms with Gasteiger partial charge in [0.2, 0.25) is 0 Å². The third kappa shape index (κ3) is 1.79. The minimum absolute atomic E-state index is 0.632. The highest BCUT2D eigenvalue weighted by atomic mass is 32.1. The number of nitrogens with two attached hydrogens (primary N) is 1. The molecule has 0 bridgehead atoms. The number of hydrogen-bond acceptors (Lipinski definition) is 2. The van der Waals surface area contributed by atoms with Crippen molar-refractivity contribution in [3.8, 4) is 11.8 Å². The Hall–Kier alpha value is -1.30. The van der Waals surface area contributed by atoms with Crippen molar-refractivity contribution in [2.45, 2.75) is 6.42 Å². The van der Waals surface area contributed by atoms with Crippen LogP contribution in [0.25, 0.3) is 10.1 Å². The summed E-state index contributed by atoms with van der Waals surface area (Å²) in [7, 11) is 0. The Morgan fingerprint density at radius 2 is 2.21 bits per heavy atom. The molecule has 1 aromatic carbocycles. The molecule has 70 valence electrons. The van der Waals surface area contributed by atoms with Gasteiger partial charge in [-0.15, -0.1) is 11.3 Å². The monoisotopic (exact) mass is 201 g/mol. The molecule has 2 N–H and O–H groups in total. The first-order chi connectivity index (χ1) is 6.92. The maximum Gasteiger partial charge on any atom is 0.0499 e. The Morgan fingerprint density at radius 3 is 3.07 bits per heavy atom. The molecule has 14 heavy (non-hydrogen) atoms. The molecule has 0 aliphatic rings. The second kappa shape index (κ2) is 4.28. The fourth-order valence-corrected chi connectivity index (χ4v) is 2.19. The van der Waals surface area contributed by atoms with Crippen LogP contribution in [0.15, 0.2) is 29.6 Å². The maximum atomic E-state index is 5.39. The van der Waals surface area contributed by atoms with Gasteiger partial charge in [0.25, 0.3) is 0 Å². The van der Waals surface area contributed by atoms with Gasteiger partial charge >= 0.3 is 0 Å². The van der Waals surface area contributed by atoms with Gasteiger partial charge < -0.3 is 5.73 Å². The van der Waals surface area contributed by atoms with Crippen LogP contribution in [0.5, 0.6) is 0 Å². The van der Waals surface area contributed by atoms with Crippen molar-refractivity contribution < 1.29 is 0 Å². The first-order valence-corrected chi connectivity index (χ1v) is 5.45. The molecule has 2 aromatic rings. The summed E-state index contributed by atoms with van der Waals surface area (Å²) in [4.78, 5) is 0. The fraction of sp³-hybridized carbons (Fsp3) is 0.167. The van der Waals surface area contributed by atoms with E-state index in [9.17, 15) is 0 Å². The summed E-state index contributed by atoms with van der Waals surface area (Å²) >= 11 is 1.74. The summed E-state index contributed by atoms with van der Waals surface area (Å²) in [5.41, 5.74) is 6.50. The van der Waals surface area contributed by atoms with Crippen molar-refractivity contribution in [1.29, 1.82) is 0 Å². The van der Waals surface area contributed by atoms with E-state index in [1.165, 1.54) is 10.1 Å². The van der Waals surface area contributed by atoms with Crippen LogP contribution in [-0.2, 0) is 0 Å². The normalized spacial score (nSPS) is 9.79. The predicted molar refractivity (Wildman–Crippen MR) is 62.4 cm³/mol. The molecule has 0 aliphatic heterocycles. The van der Waals surface area contributed by atoms with Gasteiger partial charge in [-0.3, -0.25) is 0 Å². The summed E-state index contributed by atoms with van der Waals surface area (Å²) in [6.45, 7) is 0.632. The molecular formula is C12H11NS. The lowest BCUT2D eigenvalue weighted by Gasteiger charge is -1.92. The van der Waals surface area contributed by atoms with Gasteiger partial charge in [-0.05, 0) is 22.9 Å². The van der Waals surface area contributed by atoms with Crippen LogP contribution in [0.2, 0.25) is 0 Å². The third-order valence-corrected chi connectivity index (χ3v) is 2.93. The standard InChI is InChI=1S/C12H11NS/c13-8-2-1-4-10-5-3-6-11-7-9-14-12(10)11/h3,5-7,9H,2,8,13H2. The molecule has 2 heteroatoms. The summed E-state index contributed by atoms with van der Waals surface area (Å²) in [6.07, 6.45) is 0.766. The SMILES string of the molecule is NCCC#Cc1cccc2ccsc12. The zero-order valence-corrected chi connectivity index (χ0v) is 8.60. The molecule has 1 aromatic heterocycles. The Labute approximate surface area is 87.6 Å². The molecule has 0 spiro atoms. The van der Waals surface area contributed by atoms with Gasteiger partial charge in [0, 0.05) is 23.2 Å². The van der Waals surface area contributed by atoms with Crippen LogP contribution in [0.1, 0.15) is 12.0 Å². The molecule has 0 atom stereocenters. The van der Waals surface area contributed by atoms with Crippen LogP contribution < -0.4 is 5.73 Å². The fourth-order valence-electron chi connectivity index (χ4n) is 1.32. The van der Waals surface area contributed by atoms with E-state index in [4.69, 9.17) is 5.73 Å².